The monoisotopic (exact) mass is 314 g/mol. The van der Waals surface area contributed by atoms with E-state index in [1.54, 1.807) is 12.3 Å². The van der Waals surface area contributed by atoms with Gasteiger partial charge in [-0.2, -0.15) is 5.10 Å². The maximum Gasteiger partial charge on any atom is 0.242 e. The van der Waals surface area contributed by atoms with E-state index in [1.807, 2.05) is 41.7 Å². The number of rotatable bonds is 4. The molecule has 102 valence electrons. The fourth-order valence-electron chi connectivity index (χ4n) is 1.74. The van der Waals surface area contributed by atoms with Crippen molar-refractivity contribution in [1.82, 2.24) is 5.43 Å². The van der Waals surface area contributed by atoms with Crippen molar-refractivity contribution >= 4 is 47.2 Å². The molecular weight excluding hydrogens is 300 g/mol. The van der Waals surface area contributed by atoms with Crippen molar-refractivity contribution in [2.45, 2.75) is 17.4 Å². The number of amides is 1. The van der Waals surface area contributed by atoms with E-state index in [0.717, 1.165) is 17.1 Å². The molecular formula is C13H15ClN2OS2. The molecule has 1 fully saturated rings. The number of halogens is 1. The van der Waals surface area contributed by atoms with Crippen molar-refractivity contribution in [3.8, 4) is 0 Å². The first-order valence-electron chi connectivity index (χ1n) is 5.93. The highest BCUT2D eigenvalue weighted by molar-refractivity contribution is 8.21. The van der Waals surface area contributed by atoms with Crippen molar-refractivity contribution in [2.75, 3.05) is 11.5 Å². The Hall–Kier alpha value is -0.650. The normalized spacial score (nSPS) is 17.8. The van der Waals surface area contributed by atoms with Crippen LogP contribution in [0, 0.1) is 0 Å². The molecule has 0 saturated carbocycles. The molecule has 2 rings (SSSR count). The Morgan fingerprint density at radius 3 is 2.84 bits per heavy atom. The van der Waals surface area contributed by atoms with Crippen LogP contribution in [0.5, 0.6) is 0 Å². The predicted molar refractivity (Wildman–Crippen MR) is 85.1 cm³/mol. The molecule has 0 aromatic heterocycles. The molecule has 0 radical (unpaired) electrons. The molecule has 1 N–H and O–H groups in total. The van der Waals surface area contributed by atoms with Gasteiger partial charge in [0.15, 0.2) is 0 Å². The van der Waals surface area contributed by atoms with Crippen LogP contribution in [-0.2, 0) is 4.79 Å². The van der Waals surface area contributed by atoms with Gasteiger partial charge in [-0.25, -0.2) is 5.43 Å². The summed E-state index contributed by atoms with van der Waals surface area (Å²) in [6.07, 6.45) is 2.04. The number of hydrogen-bond donors (Lipinski definition) is 1. The first kappa shape index (κ1) is 14.8. The second-order valence-electron chi connectivity index (χ2n) is 4.32. The second kappa shape index (κ2) is 6.68. The van der Waals surface area contributed by atoms with E-state index in [1.165, 1.54) is 0 Å². The molecule has 19 heavy (non-hydrogen) atoms. The largest absolute Gasteiger partial charge is 0.273 e. The zero-order valence-electron chi connectivity index (χ0n) is 10.6. The van der Waals surface area contributed by atoms with Crippen LogP contribution < -0.4 is 5.43 Å². The average Bonchev–Trinajstić information content (AvgIpc) is 2.78. The lowest BCUT2D eigenvalue weighted by molar-refractivity contribution is -0.121. The Morgan fingerprint density at radius 2 is 2.16 bits per heavy atom. The van der Waals surface area contributed by atoms with Gasteiger partial charge < -0.3 is 0 Å². The van der Waals surface area contributed by atoms with Crippen molar-refractivity contribution in [3.05, 3.63) is 34.9 Å². The molecule has 0 atom stereocenters. The summed E-state index contributed by atoms with van der Waals surface area (Å²) in [7, 11) is 0. The SMILES string of the molecule is CC1(CC(=O)N/N=C\c2ccccc2Cl)SCCS1. The number of hydrazone groups is 1. The molecule has 1 heterocycles. The van der Waals surface area contributed by atoms with Gasteiger partial charge in [0.2, 0.25) is 5.91 Å². The summed E-state index contributed by atoms with van der Waals surface area (Å²) in [6, 6.07) is 7.37. The molecule has 1 saturated heterocycles. The Bertz CT molecular complexity index is 487. The number of carbonyl (C=O) groups is 1. The van der Waals surface area contributed by atoms with Crippen molar-refractivity contribution in [3.63, 3.8) is 0 Å². The molecule has 1 aliphatic rings. The molecule has 0 unspecified atom stereocenters. The number of nitrogens with zero attached hydrogens (tertiary/aromatic N) is 1. The molecule has 1 aromatic rings. The Kier molecular flexibility index (Phi) is 5.19. The van der Waals surface area contributed by atoms with E-state index in [2.05, 4.69) is 17.5 Å². The molecule has 0 aliphatic carbocycles. The van der Waals surface area contributed by atoms with Crippen LogP contribution in [0.25, 0.3) is 0 Å². The van der Waals surface area contributed by atoms with E-state index in [0.29, 0.717) is 11.4 Å². The summed E-state index contributed by atoms with van der Waals surface area (Å²) in [5, 5.41) is 4.57. The first-order valence-corrected chi connectivity index (χ1v) is 8.28. The van der Waals surface area contributed by atoms with Gasteiger partial charge in [0, 0.05) is 22.1 Å². The highest BCUT2D eigenvalue weighted by atomic mass is 35.5. The zero-order valence-corrected chi connectivity index (χ0v) is 12.9. The number of nitrogens with one attached hydrogen (secondary N) is 1. The summed E-state index contributed by atoms with van der Waals surface area (Å²) in [5.41, 5.74) is 3.35. The van der Waals surface area contributed by atoms with Gasteiger partial charge in [-0.15, -0.1) is 23.5 Å². The maximum atomic E-state index is 11.8. The van der Waals surface area contributed by atoms with Gasteiger partial charge >= 0.3 is 0 Å². The fraction of sp³-hybridized carbons (Fsp3) is 0.385. The van der Waals surface area contributed by atoms with E-state index < -0.39 is 0 Å². The van der Waals surface area contributed by atoms with Gasteiger partial charge in [-0.3, -0.25) is 4.79 Å². The third-order valence-electron chi connectivity index (χ3n) is 2.68. The lowest BCUT2D eigenvalue weighted by Gasteiger charge is -2.19. The smallest absolute Gasteiger partial charge is 0.242 e. The van der Waals surface area contributed by atoms with E-state index >= 15 is 0 Å². The minimum absolute atomic E-state index is 0.00993. The maximum absolute atomic E-state index is 11.8. The van der Waals surface area contributed by atoms with Crippen molar-refractivity contribution in [2.24, 2.45) is 5.10 Å². The number of benzene rings is 1. The third-order valence-corrected chi connectivity index (χ3v) is 6.31. The molecule has 1 aromatic carbocycles. The van der Waals surface area contributed by atoms with Crippen LogP contribution in [0.4, 0.5) is 0 Å². The number of carbonyl (C=O) groups excluding carboxylic acids is 1. The lowest BCUT2D eigenvalue weighted by Crippen LogP contribution is -2.26. The standard InChI is InChI=1S/C13H15ClN2OS2/c1-13(18-6-7-19-13)8-12(17)16-15-9-10-4-2-3-5-11(10)14/h2-5,9H,6-8H2,1H3,(H,16,17)/b15-9-. The summed E-state index contributed by atoms with van der Waals surface area (Å²) >= 11 is 9.66. The predicted octanol–water partition coefficient (Wildman–Crippen LogP) is 3.38. The van der Waals surface area contributed by atoms with Crippen LogP contribution in [-0.4, -0.2) is 27.7 Å². The highest BCUT2D eigenvalue weighted by Gasteiger charge is 2.32. The van der Waals surface area contributed by atoms with Gasteiger partial charge in [-0.05, 0) is 13.0 Å². The molecule has 0 spiro atoms. The van der Waals surface area contributed by atoms with Crippen molar-refractivity contribution in [1.29, 1.82) is 0 Å². The average molecular weight is 315 g/mol. The second-order valence-corrected chi connectivity index (χ2v) is 8.18. The van der Waals surface area contributed by atoms with Crippen LogP contribution >= 0.6 is 35.1 Å². The Morgan fingerprint density at radius 1 is 1.47 bits per heavy atom. The first-order chi connectivity index (χ1) is 9.09. The summed E-state index contributed by atoms with van der Waals surface area (Å²) < 4.78 is -0.00993. The summed E-state index contributed by atoms with van der Waals surface area (Å²) in [4.78, 5) is 11.8. The van der Waals surface area contributed by atoms with Crippen LogP contribution in [0.3, 0.4) is 0 Å². The highest BCUT2D eigenvalue weighted by Crippen LogP contribution is 2.45. The van der Waals surface area contributed by atoms with Crippen LogP contribution in [0.1, 0.15) is 18.9 Å². The minimum atomic E-state index is -0.0623. The number of hydrogen-bond acceptors (Lipinski definition) is 4. The molecule has 6 heteroatoms. The van der Waals surface area contributed by atoms with Gasteiger partial charge in [0.25, 0.3) is 0 Å². The fourth-order valence-corrected chi connectivity index (χ4v) is 4.76. The molecule has 0 bridgehead atoms. The third kappa shape index (κ3) is 4.44. The van der Waals surface area contributed by atoms with Crippen LogP contribution in [0.2, 0.25) is 5.02 Å². The lowest BCUT2D eigenvalue weighted by atomic mass is 10.2. The van der Waals surface area contributed by atoms with E-state index in [-0.39, 0.29) is 9.99 Å². The molecule has 1 aliphatic heterocycles. The molecule has 1 amide bonds. The number of thioether (sulfide) groups is 2. The van der Waals surface area contributed by atoms with Gasteiger partial charge in [-0.1, -0.05) is 29.8 Å². The zero-order chi connectivity index (χ0) is 13.7. The van der Waals surface area contributed by atoms with E-state index in [4.69, 9.17) is 11.6 Å². The Balaban J connectivity index is 1.85. The van der Waals surface area contributed by atoms with E-state index in [9.17, 15) is 4.79 Å². The quantitative estimate of drug-likeness (QED) is 0.684. The summed E-state index contributed by atoms with van der Waals surface area (Å²) in [5.74, 6) is 2.15. The summed E-state index contributed by atoms with van der Waals surface area (Å²) in [6.45, 7) is 2.10. The van der Waals surface area contributed by atoms with Crippen LogP contribution in [0.15, 0.2) is 29.4 Å². The van der Waals surface area contributed by atoms with Gasteiger partial charge in [0.05, 0.1) is 16.7 Å². The van der Waals surface area contributed by atoms with Crippen molar-refractivity contribution < 1.29 is 4.79 Å². The Labute approximate surface area is 126 Å². The molecule has 3 nitrogen and oxygen atoms in total. The van der Waals surface area contributed by atoms with Gasteiger partial charge in [0.1, 0.15) is 0 Å². The topological polar surface area (TPSA) is 41.5 Å². The minimum Gasteiger partial charge on any atom is -0.273 e.